The third-order valence-corrected chi connectivity index (χ3v) is 2.16. The van der Waals surface area contributed by atoms with E-state index in [-0.39, 0.29) is 11.7 Å². The Kier molecular flexibility index (Phi) is 4.42. The number of halogens is 1. The van der Waals surface area contributed by atoms with Gasteiger partial charge in [0.2, 0.25) is 0 Å². The van der Waals surface area contributed by atoms with Crippen LogP contribution >= 0.6 is 15.9 Å². The summed E-state index contributed by atoms with van der Waals surface area (Å²) in [5.74, 6) is -0.160. The zero-order chi connectivity index (χ0) is 11.3. The average molecular weight is 271 g/mol. The monoisotopic (exact) mass is 270 g/mol. The van der Waals surface area contributed by atoms with Gasteiger partial charge in [-0.15, -0.1) is 0 Å². The highest BCUT2D eigenvalue weighted by Gasteiger charge is 2.05. The molecular formula is C10H11BrN2O2. The molecule has 0 atom stereocenters. The summed E-state index contributed by atoms with van der Waals surface area (Å²) in [6, 6.07) is 1.68. The second kappa shape index (κ2) is 5.60. The van der Waals surface area contributed by atoms with Crippen LogP contribution in [0.3, 0.4) is 0 Å². The molecule has 1 N–H and O–H groups in total. The fourth-order valence-electron chi connectivity index (χ4n) is 0.990. The van der Waals surface area contributed by atoms with Crippen LogP contribution < -0.4 is 5.32 Å². The summed E-state index contributed by atoms with van der Waals surface area (Å²) in [6.07, 6.45) is 3.44. The van der Waals surface area contributed by atoms with Crippen molar-refractivity contribution in [2.24, 2.45) is 0 Å². The highest BCUT2D eigenvalue weighted by molar-refractivity contribution is 9.10. The lowest BCUT2D eigenvalue weighted by molar-refractivity contribution is -0.116. The molecule has 1 aromatic heterocycles. The number of nitrogens with zero attached hydrogens (tertiary/aromatic N) is 1. The number of carbonyl (C=O) groups is 2. The number of pyridine rings is 1. The second-order valence-corrected chi connectivity index (χ2v) is 4.02. The van der Waals surface area contributed by atoms with Gasteiger partial charge in [0.25, 0.3) is 5.91 Å². The number of carbonyl (C=O) groups excluding carboxylic acids is 2. The third kappa shape index (κ3) is 4.20. The van der Waals surface area contributed by atoms with Crippen molar-refractivity contribution in [2.75, 3.05) is 6.54 Å². The van der Waals surface area contributed by atoms with Crippen molar-refractivity contribution in [1.29, 1.82) is 0 Å². The highest BCUT2D eigenvalue weighted by Crippen LogP contribution is 2.09. The molecular weight excluding hydrogens is 260 g/mol. The van der Waals surface area contributed by atoms with Crippen LogP contribution in [0.25, 0.3) is 0 Å². The van der Waals surface area contributed by atoms with Crippen molar-refractivity contribution in [3.63, 3.8) is 0 Å². The lowest BCUT2D eigenvalue weighted by Crippen LogP contribution is -2.25. The molecule has 1 rings (SSSR count). The Morgan fingerprint density at radius 1 is 1.47 bits per heavy atom. The van der Waals surface area contributed by atoms with Crippen LogP contribution in [0.1, 0.15) is 23.7 Å². The number of hydrogen-bond donors (Lipinski definition) is 1. The maximum absolute atomic E-state index is 11.5. The first-order valence-corrected chi connectivity index (χ1v) is 5.27. The van der Waals surface area contributed by atoms with Gasteiger partial charge < -0.3 is 5.32 Å². The third-order valence-electron chi connectivity index (χ3n) is 1.73. The van der Waals surface area contributed by atoms with Gasteiger partial charge in [-0.2, -0.15) is 0 Å². The van der Waals surface area contributed by atoms with E-state index in [4.69, 9.17) is 0 Å². The topological polar surface area (TPSA) is 59.1 Å². The summed E-state index contributed by atoms with van der Waals surface area (Å²) >= 11 is 3.23. The SMILES string of the molecule is CC(=O)CCNC(=O)c1cncc(Br)c1. The summed E-state index contributed by atoms with van der Waals surface area (Å²) in [4.78, 5) is 26.0. The van der Waals surface area contributed by atoms with Gasteiger partial charge in [0.05, 0.1) is 5.56 Å². The predicted molar refractivity (Wildman–Crippen MR) is 59.6 cm³/mol. The fourth-order valence-corrected chi connectivity index (χ4v) is 1.36. The summed E-state index contributed by atoms with van der Waals surface area (Å²) < 4.78 is 0.752. The maximum Gasteiger partial charge on any atom is 0.252 e. The summed E-state index contributed by atoms with van der Waals surface area (Å²) in [6.45, 7) is 1.85. The number of ketones is 1. The molecule has 15 heavy (non-hydrogen) atoms. The van der Waals surface area contributed by atoms with Crippen LogP contribution in [0.15, 0.2) is 22.9 Å². The van der Waals surface area contributed by atoms with E-state index in [0.717, 1.165) is 4.47 Å². The lowest BCUT2D eigenvalue weighted by atomic mass is 10.2. The van der Waals surface area contributed by atoms with Gasteiger partial charge in [-0.25, -0.2) is 0 Å². The Bertz CT molecular complexity index is 379. The van der Waals surface area contributed by atoms with E-state index in [0.29, 0.717) is 18.5 Å². The molecule has 4 nitrogen and oxygen atoms in total. The molecule has 80 valence electrons. The molecule has 1 heterocycles. The molecule has 0 saturated heterocycles. The van der Waals surface area contributed by atoms with Crippen LogP contribution in [0.5, 0.6) is 0 Å². The minimum atomic E-state index is -0.218. The summed E-state index contributed by atoms with van der Waals surface area (Å²) in [5, 5.41) is 2.64. The Labute approximate surface area is 96.2 Å². The number of hydrogen-bond acceptors (Lipinski definition) is 3. The molecule has 0 aliphatic heterocycles. The van der Waals surface area contributed by atoms with Gasteiger partial charge in [0, 0.05) is 29.8 Å². The first-order valence-electron chi connectivity index (χ1n) is 4.48. The van der Waals surface area contributed by atoms with Gasteiger partial charge >= 0.3 is 0 Å². The van der Waals surface area contributed by atoms with E-state index in [9.17, 15) is 9.59 Å². The number of amides is 1. The quantitative estimate of drug-likeness (QED) is 0.903. The number of aromatic nitrogens is 1. The van der Waals surface area contributed by atoms with Crippen LogP contribution in [-0.2, 0) is 4.79 Å². The van der Waals surface area contributed by atoms with E-state index in [2.05, 4.69) is 26.2 Å². The smallest absolute Gasteiger partial charge is 0.252 e. The van der Waals surface area contributed by atoms with Gasteiger partial charge in [0.1, 0.15) is 5.78 Å². The minimum Gasteiger partial charge on any atom is -0.352 e. The number of rotatable bonds is 4. The zero-order valence-corrected chi connectivity index (χ0v) is 9.87. The second-order valence-electron chi connectivity index (χ2n) is 3.10. The summed E-state index contributed by atoms with van der Waals surface area (Å²) in [5.41, 5.74) is 0.480. The van der Waals surface area contributed by atoms with Crippen LogP contribution in [0, 0.1) is 0 Å². The highest BCUT2D eigenvalue weighted by atomic mass is 79.9. The molecule has 0 unspecified atom stereocenters. The first-order chi connectivity index (χ1) is 7.09. The molecule has 1 aromatic rings. The first kappa shape index (κ1) is 11.8. The summed E-state index contributed by atoms with van der Waals surface area (Å²) in [7, 11) is 0. The van der Waals surface area contributed by atoms with Crippen molar-refractivity contribution < 1.29 is 9.59 Å². The van der Waals surface area contributed by atoms with Crippen molar-refractivity contribution >= 4 is 27.6 Å². The number of Topliss-reactive ketones (excluding diaryl/α,β-unsaturated/α-hetero) is 1. The molecule has 0 aliphatic rings. The molecule has 0 radical (unpaired) electrons. The minimum absolute atomic E-state index is 0.0580. The van der Waals surface area contributed by atoms with Crippen molar-refractivity contribution in [3.05, 3.63) is 28.5 Å². The molecule has 0 saturated carbocycles. The number of nitrogens with one attached hydrogen (secondary N) is 1. The molecule has 0 fully saturated rings. The normalized spacial score (nSPS) is 9.73. The Hall–Kier alpha value is -1.23. The zero-order valence-electron chi connectivity index (χ0n) is 8.29. The van der Waals surface area contributed by atoms with E-state index in [1.165, 1.54) is 13.1 Å². The van der Waals surface area contributed by atoms with E-state index < -0.39 is 0 Å². The molecule has 0 aromatic carbocycles. The average Bonchev–Trinajstić information content (AvgIpc) is 2.17. The van der Waals surface area contributed by atoms with Crippen LogP contribution in [0.4, 0.5) is 0 Å². The Morgan fingerprint density at radius 3 is 2.80 bits per heavy atom. The van der Waals surface area contributed by atoms with Crippen molar-refractivity contribution in [2.45, 2.75) is 13.3 Å². The van der Waals surface area contributed by atoms with Crippen molar-refractivity contribution in [3.8, 4) is 0 Å². The van der Waals surface area contributed by atoms with E-state index in [1.807, 2.05) is 0 Å². The molecule has 0 bridgehead atoms. The molecule has 1 amide bonds. The lowest BCUT2D eigenvalue weighted by Gasteiger charge is -2.03. The van der Waals surface area contributed by atoms with Crippen molar-refractivity contribution in [1.82, 2.24) is 10.3 Å². The predicted octanol–water partition coefficient (Wildman–Crippen LogP) is 1.55. The molecule has 5 heteroatoms. The largest absolute Gasteiger partial charge is 0.352 e. The van der Waals surface area contributed by atoms with Crippen LogP contribution in [0.2, 0.25) is 0 Å². The van der Waals surface area contributed by atoms with Gasteiger partial charge in [0.15, 0.2) is 0 Å². The standard InChI is InChI=1S/C10H11BrN2O2/c1-7(14)2-3-13-10(15)8-4-9(11)6-12-5-8/h4-6H,2-3H2,1H3,(H,13,15). The molecule has 0 spiro atoms. The Balaban J connectivity index is 2.50. The molecule has 0 aliphatic carbocycles. The van der Waals surface area contributed by atoms with E-state index in [1.54, 1.807) is 12.3 Å². The van der Waals surface area contributed by atoms with Gasteiger partial charge in [-0.05, 0) is 28.9 Å². The maximum atomic E-state index is 11.5. The van der Waals surface area contributed by atoms with Crippen LogP contribution in [-0.4, -0.2) is 23.2 Å². The Morgan fingerprint density at radius 2 is 2.20 bits per heavy atom. The van der Waals surface area contributed by atoms with E-state index >= 15 is 0 Å². The van der Waals surface area contributed by atoms with Gasteiger partial charge in [-0.3, -0.25) is 14.6 Å². The van der Waals surface area contributed by atoms with Gasteiger partial charge in [-0.1, -0.05) is 0 Å². The fraction of sp³-hybridized carbons (Fsp3) is 0.300.